The molecule has 0 aromatic heterocycles. The summed E-state index contributed by atoms with van der Waals surface area (Å²) in [6, 6.07) is 0. The Morgan fingerprint density at radius 3 is 1.80 bits per heavy atom. The van der Waals surface area contributed by atoms with Crippen LogP contribution in [0, 0.1) is 0 Å². The van der Waals surface area contributed by atoms with Gasteiger partial charge in [-0.1, -0.05) is 44.8 Å². The number of aliphatic carboxylic acids is 4. The van der Waals surface area contributed by atoms with Crippen LogP contribution >= 0.6 is 0 Å². The molecule has 30 heavy (non-hydrogen) atoms. The van der Waals surface area contributed by atoms with E-state index >= 15 is 0 Å². The van der Waals surface area contributed by atoms with Crippen molar-refractivity contribution in [2.24, 2.45) is 0 Å². The SMILES string of the molecule is CCCOC1(C(=O)O)C=CC=C(C(=O)O)C1.O=C(O)CCCCCCCCC(=O)O. The highest BCUT2D eigenvalue weighted by Crippen LogP contribution is 2.27. The van der Waals surface area contributed by atoms with Gasteiger partial charge in [-0.2, -0.15) is 0 Å². The fourth-order valence-corrected chi connectivity index (χ4v) is 2.72. The number of carboxylic acids is 4. The van der Waals surface area contributed by atoms with Gasteiger partial charge in [-0.3, -0.25) is 9.59 Å². The Hall–Kier alpha value is -2.68. The number of hydrogen-bond acceptors (Lipinski definition) is 5. The van der Waals surface area contributed by atoms with E-state index in [9.17, 15) is 19.2 Å². The van der Waals surface area contributed by atoms with Crippen LogP contribution in [0.15, 0.2) is 23.8 Å². The van der Waals surface area contributed by atoms with Crippen LogP contribution in [-0.2, 0) is 23.9 Å². The molecule has 1 rings (SSSR count). The van der Waals surface area contributed by atoms with Crippen molar-refractivity contribution in [1.29, 1.82) is 0 Å². The van der Waals surface area contributed by atoms with Gasteiger partial charge in [0.1, 0.15) is 0 Å². The second-order valence-corrected chi connectivity index (χ2v) is 6.98. The van der Waals surface area contributed by atoms with Crippen LogP contribution in [0.3, 0.4) is 0 Å². The number of ether oxygens (including phenoxy) is 1. The summed E-state index contributed by atoms with van der Waals surface area (Å²) >= 11 is 0. The van der Waals surface area contributed by atoms with Crippen molar-refractivity contribution in [2.75, 3.05) is 6.61 Å². The van der Waals surface area contributed by atoms with Crippen molar-refractivity contribution in [3.63, 3.8) is 0 Å². The van der Waals surface area contributed by atoms with Crippen LogP contribution < -0.4 is 0 Å². The summed E-state index contributed by atoms with van der Waals surface area (Å²) in [5.74, 6) is -3.76. The van der Waals surface area contributed by atoms with Crippen molar-refractivity contribution >= 4 is 23.9 Å². The Labute approximate surface area is 176 Å². The normalized spacial score (nSPS) is 17.4. The quantitative estimate of drug-likeness (QED) is 0.304. The number of hydrogen-bond donors (Lipinski definition) is 4. The molecule has 9 heteroatoms. The molecule has 1 unspecified atom stereocenters. The predicted molar refractivity (Wildman–Crippen MR) is 108 cm³/mol. The van der Waals surface area contributed by atoms with Crippen LogP contribution in [0.25, 0.3) is 0 Å². The van der Waals surface area contributed by atoms with Gasteiger partial charge in [-0.05, 0) is 25.3 Å². The van der Waals surface area contributed by atoms with Gasteiger partial charge in [0.25, 0.3) is 0 Å². The Kier molecular flexibility index (Phi) is 13.8. The van der Waals surface area contributed by atoms with Gasteiger partial charge in [-0.15, -0.1) is 0 Å². The Morgan fingerprint density at radius 1 is 0.900 bits per heavy atom. The molecular weight excluding hydrogens is 396 g/mol. The average Bonchev–Trinajstić information content (AvgIpc) is 2.68. The smallest absolute Gasteiger partial charge is 0.340 e. The van der Waals surface area contributed by atoms with Gasteiger partial charge >= 0.3 is 23.9 Å². The van der Waals surface area contributed by atoms with E-state index in [-0.39, 0.29) is 31.4 Å². The maximum Gasteiger partial charge on any atom is 0.340 e. The van der Waals surface area contributed by atoms with Crippen molar-refractivity contribution in [3.05, 3.63) is 23.8 Å². The van der Waals surface area contributed by atoms with Crippen LogP contribution in [0.1, 0.15) is 71.1 Å². The lowest BCUT2D eigenvalue weighted by molar-refractivity contribution is -0.159. The fourth-order valence-electron chi connectivity index (χ4n) is 2.72. The number of unbranched alkanes of at least 4 members (excludes halogenated alkanes) is 5. The zero-order valence-electron chi connectivity index (χ0n) is 17.3. The van der Waals surface area contributed by atoms with Crippen molar-refractivity contribution < 1.29 is 44.3 Å². The van der Waals surface area contributed by atoms with E-state index in [2.05, 4.69) is 0 Å². The highest BCUT2D eigenvalue weighted by Gasteiger charge is 2.40. The lowest BCUT2D eigenvalue weighted by Crippen LogP contribution is -2.42. The largest absolute Gasteiger partial charge is 0.481 e. The highest BCUT2D eigenvalue weighted by atomic mass is 16.5. The first-order valence-corrected chi connectivity index (χ1v) is 10.1. The monoisotopic (exact) mass is 428 g/mol. The third-order valence-corrected chi connectivity index (χ3v) is 4.35. The van der Waals surface area contributed by atoms with Crippen LogP contribution in [-0.4, -0.2) is 56.5 Å². The summed E-state index contributed by atoms with van der Waals surface area (Å²) in [4.78, 5) is 42.2. The van der Waals surface area contributed by atoms with Crippen molar-refractivity contribution in [2.45, 2.75) is 76.7 Å². The van der Waals surface area contributed by atoms with Gasteiger partial charge in [0, 0.05) is 31.4 Å². The van der Waals surface area contributed by atoms with E-state index in [4.69, 9.17) is 25.2 Å². The molecule has 0 bridgehead atoms. The van der Waals surface area contributed by atoms with E-state index in [1.54, 1.807) is 0 Å². The third kappa shape index (κ3) is 12.0. The Balaban J connectivity index is 0.000000567. The van der Waals surface area contributed by atoms with Gasteiger partial charge in [0.15, 0.2) is 5.60 Å². The topological polar surface area (TPSA) is 158 Å². The van der Waals surface area contributed by atoms with E-state index in [0.717, 1.165) is 38.5 Å². The standard InChI is InChI=1S/C11H14O5.C10H18O4/c1-2-6-16-11(10(14)15)5-3-4-8(7-11)9(12)13;11-9(12)7-5-3-1-2-4-6-8-10(13)14/h3-5H,2,6-7H2,1H3,(H,12,13)(H,14,15);1-8H2,(H,11,12)(H,13,14). The van der Waals surface area contributed by atoms with E-state index in [1.807, 2.05) is 6.92 Å². The van der Waals surface area contributed by atoms with Crippen LogP contribution in [0.4, 0.5) is 0 Å². The molecule has 0 aliphatic heterocycles. The molecule has 0 saturated carbocycles. The minimum Gasteiger partial charge on any atom is -0.481 e. The molecule has 0 amide bonds. The van der Waals surface area contributed by atoms with E-state index < -0.39 is 29.5 Å². The second-order valence-electron chi connectivity index (χ2n) is 6.98. The summed E-state index contributed by atoms with van der Waals surface area (Å²) in [5, 5.41) is 34.6. The number of allylic oxidation sites excluding steroid dienone is 2. The number of rotatable bonds is 14. The molecular formula is C21H32O9. The molecule has 0 radical (unpaired) electrons. The summed E-state index contributed by atoms with van der Waals surface area (Å²) in [6.45, 7) is 2.14. The maximum absolute atomic E-state index is 11.2. The minimum atomic E-state index is -1.53. The molecule has 0 spiro atoms. The molecule has 0 aromatic rings. The minimum absolute atomic E-state index is 0.0426. The van der Waals surface area contributed by atoms with Crippen LogP contribution in [0.5, 0.6) is 0 Å². The molecule has 0 saturated heterocycles. The van der Waals surface area contributed by atoms with E-state index in [1.165, 1.54) is 18.2 Å². The Bertz CT molecular complexity index is 616. The molecule has 1 atom stereocenters. The summed E-state index contributed by atoms with van der Waals surface area (Å²) < 4.78 is 5.27. The van der Waals surface area contributed by atoms with Gasteiger partial charge < -0.3 is 25.2 Å². The summed E-state index contributed by atoms with van der Waals surface area (Å²) in [6.07, 6.45) is 10.5. The first-order chi connectivity index (χ1) is 14.1. The lowest BCUT2D eigenvalue weighted by Gasteiger charge is -2.28. The second kappa shape index (κ2) is 15.2. The van der Waals surface area contributed by atoms with Crippen molar-refractivity contribution in [3.8, 4) is 0 Å². The molecule has 170 valence electrons. The first-order valence-electron chi connectivity index (χ1n) is 10.1. The molecule has 9 nitrogen and oxygen atoms in total. The average molecular weight is 428 g/mol. The van der Waals surface area contributed by atoms with Gasteiger partial charge in [0.05, 0.1) is 0 Å². The van der Waals surface area contributed by atoms with Gasteiger partial charge in [0.2, 0.25) is 0 Å². The lowest BCUT2D eigenvalue weighted by atomic mass is 9.89. The molecule has 4 N–H and O–H groups in total. The van der Waals surface area contributed by atoms with Crippen LogP contribution in [0.2, 0.25) is 0 Å². The van der Waals surface area contributed by atoms with E-state index in [0.29, 0.717) is 6.42 Å². The fraction of sp³-hybridized carbons (Fsp3) is 0.619. The molecule has 0 heterocycles. The predicted octanol–water partition coefficient (Wildman–Crippen LogP) is 3.48. The highest BCUT2D eigenvalue weighted by molar-refractivity contribution is 5.91. The molecule has 1 aliphatic rings. The summed E-state index contributed by atoms with van der Waals surface area (Å²) in [7, 11) is 0. The zero-order valence-corrected chi connectivity index (χ0v) is 17.3. The first kappa shape index (κ1) is 27.3. The molecule has 0 aromatic carbocycles. The van der Waals surface area contributed by atoms with Gasteiger partial charge in [-0.25, -0.2) is 9.59 Å². The number of carbonyl (C=O) groups is 4. The van der Waals surface area contributed by atoms with Crippen molar-refractivity contribution in [1.82, 2.24) is 0 Å². The number of carboxylic acid groups (broad SMARTS) is 4. The third-order valence-electron chi connectivity index (χ3n) is 4.35. The summed E-state index contributed by atoms with van der Waals surface area (Å²) in [5.41, 5.74) is -1.49. The Morgan fingerprint density at radius 2 is 1.40 bits per heavy atom. The molecule has 1 aliphatic carbocycles. The maximum atomic E-state index is 11.2. The molecule has 0 fully saturated rings. The zero-order chi connectivity index (χ0) is 23.0.